The summed E-state index contributed by atoms with van der Waals surface area (Å²) in [5.41, 5.74) is -0.222. The number of halogens is 2. The minimum atomic E-state index is -3.31. The predicted octanol–water partition coefficient (Wildman–Crippen LogP) is 2.98. The Morgan fingerprint density at radius 1 is 1.47 bits per heavy atom. The van der Waals surface area contributed by atoms with Crippen molar-refractivity contribution in [3.05, 3.63) is 29.8 Å². The van der Waals surface area contributed by atoms with Crippen LogP contribution in [0.2, 0.25) is 0 Å². The zero-order chi connectivity index (χ0) is 11.5. The van der Waals surface area contributed by atoms with Gasteiger partial charge in [-0.2, -0.15) is 0 Å². The number of rotatable bonds is 4. The molecular weight excluding hydrogens is 222 g/mol. The van der Waals surface area contributed by atoms with Crippen molar-refractivity contribution in [3.8, 4) is 0 Å². The molecule has 0 saturated carbocycles. The number of alkyl halides is 2. The fourth-order valence-corrected chi connectivity index (χ4v) is 1.88. The molecule has 0 aliphatic rings. The fourth-order valence-electron chi connectivity index (χ4n) is 1.23. The van der Waals surface area contributed by atoms with E-state index in [1.54, 1.807) is 18.4 Å². The Labute approximate surface area is 90.3 Å². The van der Waals surface area contributed by atoms with Gasteiger partial charge in [0.25, 0.3) is 5.92 Å². The van der Waals surface area contributed by atoms with Gasteiger partial charge in [-0.1, -0.05) is 18.2 Å². The van der Waals surface area contributed by atoms with Crippen LogP contribution < -0.4 is 0 Å². The number of benzene rings is 1. The summed E-state index contributed by atoms with van der Waals surface area (Å²) in [6.45, 7) is 0. The first-order chi connectivity index (χ1) is 6.97. The maximum Gasteiger partial charge on any atom is 0.309 e. The van der Waals surface area contributed by atoms with Crippen molar-refractivity contribution in [1.82, 2.24) is 0 Å². The Kier molecular flexibility index (Phi) is 3.68. The molecule has 0 aliphatic carbocycles. The van der Waals surface area contributed by atoms with Crippen molar-refractivity contribution in [3.63, 3.8) is 0 Å². The second kappa shape index (κ2) is 4.61. The van der Waals surface area contributed by atoms with Crippen LogP contribution in [-0.2, 0) is 10.7 Å². The van der Waals surface area contributed by atoms with E-state index in [0.717, 1.165) is 0 Å². The third-order valence-corrected chi connectivity index (χ3v) is 2.67. The molecule has 1 rings (SSSR count). The minimum Gasteiger partial charge on any atom is -0.481 e. The second-order valence-electron chi connectivity index (χ2n) is 2.98. The highest BCUT2D eigenvalue weighted by Crippen LogP contribution is 2.37. The lowest BCUT2D eigenvalue weighted by molar-refractivity contribution is -0.145. The van der Waals surface area contributed by atoms with Crippen LogP contribution in [-0.4, -0.2) is 17.3 Å². The molecule has 0 aliphatic heterocycles. The molecule has 0 saturated heterocycles. The smallest absolute Gasteiger partial charge is 0.309 e. The van der Waals surface area contributed by atoms with Crippen molar-refractivity contribution >= 4 is 17.7 Å². The van der Waals surface area contributed by atoms with E-state index in [2.05, 4.69) is 0 Å². The maximum absolute atomic E-state index is 13.5. The average molecular weight is 232 g/mol. The summed E-state index contributed by atoms with van der Waals surface area (Å²) in [7, 11) is 0. The van der Waals surface area contributed by atoms with Gasteiger partial charge in [-0.15, -0.1) is 11.8 Å². The van der Waals surface area contributed by atoms with E-state index in [4.69, 9.17) is 5.11 Å². The molecule has 1 aromatic rings. The molecule has 0 heterocycles. The van der Waals surface area contributed by atoms with Crippen molar-refractivity contribution in [1.29, 1.82) is 0 Å². The molecule has 0 fully saturated rings. The van der Waals surface area contributed by atoms with Crippen molar-refractivity contribution < 1.29 is 18.7 Å². The molecule has 0 radical (unpaired) electrons. The van der Waals surface area contributed by atoms with E-state index in [1.807, 2.05) is 0 Å². The Hall–Kier alpha value is -1.10. The van der Waals surface area contributed by atoms with Crippen LogP contribution in [0.25, 0.3) is 0 Å². The summed E-state index contributed by atoms with van der Waals surface area (Å²) in [5, 5.41) is 8.39. The van der Waals surface area contributed by atoms with Gasteiger partial charge in [0.15, 0.2) is 0 Å². The Balaban J connectivity index is 3.07. The molecule has 1 aromatic carbocycles. The average Bonchev–Trinajstić information content (AvgIpc) is 2.16. The third-order valence-electron chi connectivity index (χ3n) is 1.87. The topological polar surface area (TPSA) is 37.3 Å². The lowest BCUT2D eigenvalue weighted by Crippen LogP contribution is -2.19. The SMILES string of the molecule is CSc1ccccc1C(F)(F)CC(=O)O. The molecule has 0 spiro atoms. The predicted molar refractivity (Wildman–Crippen MR) is 54.4 cm³/mol. The molecule has 2 nitrogen and oxygen atoms in total. The number of carbonyl (C=O) groups is 1. The van der Waals surface area contributed by atoms with Crippen LogP contribution in [0.3, 0.4) is 0 Å². The number of aliphatic carboxylic acids is 1. The van der Waals surface area contributed by atoms with Gasteiger partial charge in [-0.05, 0) is 12.3 Å². The molecule has 1 N–H and O–H groups in total. The normalized spacial score (nSPS) is 11.4. The maximum atomic E-state index is 13.5. The van der Waals surface area contributed by atoms with E-state index >= 15 is 0 Å². The molecule has 0 bridgehead atoms. The van der Waals surface area contributed by atoms with Crippen LogP contribution >= 0.6 is 11.8 Å². The standard InChI is InChI=1S/C10H10F2O2S/c1-15-8-5-3-2-4-7(8)10(11,12)6-9(13)14/h2-5H,6H2,1H3,(H,13,14). The van der Waals surface area contributed by atoms with Gasteiger partial charge in [0, 0.05) is 10.5 Å². The number of thioether (sulfide) groups is 1. The summed E-state index contributed by atoms with van der Waals surface area (Å²) in [4.78, 5) is 10.7. The van der Waals surface area contributed by atoms with Crippen LogP contribution in [0, 0.1) is 0 Å². The Morgan fingerprint density at radius 2 is 2.07 bits per heavy atom. The quantitative estimate of drug-likeness (QED) is 0.811. The van der Waals surface area contributed by atoms with E-state index in [9.17, 15) is 13.6 Å². The van der Waals surface area contributed by atoms with E-state index in [0.29, 0.717) is 4.90 Å². The first kappa shape index (κ1) is 12.0. The second-order valence-corrected chi connectivity index (χ2v) is 3.82. The fraction of sp³-hybridized carbons (Fsp3) is 0.300. The van der Waals surface area contributed by atoms with Gasteiger partial charge in [0.2, 0.25) is 0 Å². The Bertz CT molecular complexity index is 366. The molecule has 15 heavy (non-hydrogen) atoms. The van der Waals surface area contributed by atoms with Gasteiger partial charge >= 0.3 is 5.97 Å². The van der Waals surface area contributed by atoms with Gasteiger partial charge in [0.1, 0.15) is 6.42 Å². The first-order valence-electron chi connectivity index (χ1n) is 4.20. The lowest BCUT2D eigenvalue weighted by Gasteiger charge is -2.17. The largest absolute Gasteiger partial charge is 0.481 e. The monoisotopic (exact) mass is 232 g/mol. The van der Waals surface area contributed by atoms with E-state index < -0.39 is 18.3 Å². The van der Waals surface area contributed by atoms with Crippen molar-refractivity contribution in [2.24, 2.45) is 0 Å². The highest BCUT2D eigenvalue weighted by atomic mass is 32.2. The van der Waals surface area contributed by atoms with Gasteiger partial charge in [-0.3, -0.25) is 4.79 Å². The van der Waals surface area contributed by atoms with Crippen LogP contribution in [0.4, 0.5) is 8.78 Å². The van der Waals surface area contributed by atoms with Gasteiger partial charge in [0.05, 0.1) is 0 Å². The van der Waals surface area contributed by atoms with Crippen LogP contribution in [0.1, 0.15) is 12.0 Å². The van der Waals surface area contributed by atoms with Gasteiger partial charge < -0.3 is 5.11 Å². The number of hydrogen-bond acceptors (Lipinski definition) is 2. The van der Waals surface area contributed by atoms with Gasteiger partial charge in [-0.25, -0.2) is 8.78 Å². The van der Waals surface area contributed by atoms with E-state index in [-0.39, 0.29) is 5.56 Å². The number of carboxylic acids is 1. The Morgan fingerprint density at radius 3 is 2.60 bits per heavy atom. The highest BCUT2D eigenvalue weighted by molar-refractivity contribution is 7.98. The molecule has 0 unspecified atom stereocenters. The summed E-state index contributed by atoms with van der Waals surface area (Å²) in [6.07, 6.45) is 0.500. The summed E-state index contributed by atoms with van der Waals surface area (Å²) >= 11 is 1.18. The molecule has 0 amide bonds. The minimum absolute atomic E-state index is 0.222. The molecule has 0 aromatic heterocycles. The van der Waals surface area contributed by atoms with Crippen molar-refractivity contribution in [2.75, 3.05) is 6.26 Å². The molecule has 82 valence electrons. The zero-order valence-corrected chi connectivity index (χ0v) is 8.85. The van der Waals surface area contributed by atoms with Crippen LogP contribution in [0.15, 0.2) is 29.2 Å². The highest BCUT2D eigenvalue weighted by Gasteiger charge is 2.36. The van der Waals surface area contributed by atoms with Crippen LogP contribution in [0.5, 0.6) is 0 Å². The molecule has 5 heteroatoms. The first-order valence-corrected chi connectivity index (χ1v) is 5.43. The third kappa shape index (κ3) is 2.92. The zero-order valence-electron chi connectivity index (χ0n) is 8.04. The number of hydrogen-bond donors (Lipinski definition) is 1. The molecular formula is C10H10F2O2S. The van der Waals surface area contributed by atoms with Crippen molar-refractivity contribution in [2.45, 2.75) is 17.2 Å². The summed E-state index contributed by atoms with van der Waals surface area (Å²) < 4.78 is 26.9. The number of carboxylic acid groups (broad SMARTS) is 1. The van der Waals surface area contributed by atoms with E-state index in [1.165, 1.54) is 23.9 Å². The summed E-state index contributed by atoms with van der Waals surface area (Å²) in [5.74, 6) is -4.82. The molecule has 0 atom stereocenters. The summed E-state index contributed by atoms with van der Waals surface area (Å²) in [6, 6.07) is 5.93. The lowest BCUT2D eigenvalue weighted by atomic mass is 10.1.